The number of aryl methyl sites for hydroxylation is 1. The summed E-state index contributed by atoms with van der Waals surface area (Å²) in [5.41, 5.74) is 1.83. The summed E-state index contributed by atoms with van der Waals surface area (Å²) in [7, 11) is -2.61. The predicted octanol–water partition coefficient (Wildman–Crippen LogP) is 1.90. The van der Waals surface area contributed by atoms with Crippen molar-refractivity contribution in [2.75, 3.05) is 12.4 Å². The van der Waals surface area contributed by atoms with Gasteiger partial charge in [0.05, 0.1) is 7.11 Å². The lowest BCUT2D eigenvalue weighted by Crippen LogP contribution is -2.15. The molecule has 6 nitrogen and oxygen atoms in total. The van der Waals surface area contributed by atoms with Crippen LogP contribution in [-0.2, 0) is 10.0 Å². The number of hydrogen-bond acceptors (Lipinski definition) is 4. The third-order valence-corrected chi connectivity index (χ3v) is 3.97. The first-order chi connectivity index (χ1) is 10.3. The van der Waals surface area contributed by atoms with E-state index in [1.807, 2.05) is 19.1 Å². The molecule has 0 aliphatic rings. The highest BCUT2D eigenvalue weighted by Gasteiger charge is 2.16. The van der Waals surface area contributed by atoms with Crippen molar-refractivity contribution < 1.29 is 17.9 Å². The third kappa shape index (κ3) is 3.63. The van der Waals surface area contributed by atoms with Crippen LogP contribution in [-0.4, -0.2) is 21.4 Å². The largest absolute Gasteiger partial charge is 0.495 e. The number of benzene rings is 2. The van der Waals surface area contributed by atoms with Gasteiger partial charge < -0.3 is 10.1 Å². The Kier molecular flexibility index (Phi) is 4.48. The number of carbonyl (C=O) groups excluding carboxylic acids is 1. The van der Waals surface area contributed by atoms with Crippen LogP contribution >= 0.6 is 0 Å². The average molecular weight is 320 g/mol. The van der Waals surface area contributed by atoms with Gasteiger partial charge in [0.1, 0.15) is 10.6 Å². The van der Waals surface area contributed by atoms with Gasteiger partial charge in [-0.3, -0.25) is 4.79 Å². The van der Waals surface area contributed by atoms with Crippen molar-refractivity contribution in [2.45, 2.75) is 11.8 Å². The van der Waals surface area contributed by atoms with Gasteiger partial charge in [0, 0.05) is 11.3 Å². The van der Waals surface area contributed by atoms with E-state index >= 15 is 0 Å². The molecule has 7 heteroatoms. The summed E-state index contributed by atoms with van der Waals surface area (Å²) in [4.78, 5) is 11.9. The molecule has 116 valence electrons. The van der Waals surface area contributed by atoms with E-state index in [-0.39, 0.29) is 16.6 Å². The molecular formula is C15H16N2O4S. The Labute approximate surface area is 129 Å². The van der Waals surface area contributed by atoms with Crippen molar-refractivity contribution in [2.24, 2.45) is 5.14 Å². The fourth-order valence-corrected chi connectivity index (χ4v) is 2.61. The van der Waals surface area contributed by atoms with Crippen molar-refractivity contribution in [1.82, 2.24) is 0 Å². The van der Waals surface area contributed by atoms with E-state index in [1.165, 1.54) is 19.2 Å². The molecule has 0 bridgehead atoms. The standard InChI is InChI=1S/C15H16N2O4S/c1-10-3-5-11(6-4-10)15(18)17-12-7-8-13(21-2)14(9-12)22(16,19)20/h3-9H,1-2H3,(H,17,18)(H2,16,19,20). The number of nitrogens with one attached hydrogen (secondary N) is 1. The molecule has 0 saturated heterocycles. The lowest BCUT2D eigenvalue weighted by Gasteiger charge is -2.10. The number of amides is 1. The molecule has 0 atom stereocenters. The zero-order valence-electron chi connectivity index (χ0n) is 12.2. The van der Waals surface area contributed by atoms with Gasteiger partial charge in [-0.25, -0.2) is 13.6 Å². The summed E-state index contributed by atoms with van der Waals surface area (Å²) in [6.45, 7) is 1.92. The fourth-order valence-electron chi connectivity index (χ4n) is 1.89. The Bertz CT molecular complexity index is 799. The lowest BCUT2D eigenvalue weighted by molar-refractivity contribution is 0.102. The molecule has 0 aliphatic heterocycles. The SMILES string of the molecule is COc1ccc(NC(=O)c2ccc(C)cc2)cc1S(N)(=O)=O. The molecule has 3 N–H and O–H groups in total. The monoisotopic (exact) mass is 320 g/mol. The quantitative estimate of drug-likeness (QED) is 0.899. The molecule has 22 heavy (non-hydrogen) atoms. The second-order valence-electron chi connectivity index (χ2n) is 4.73. The van der Waals surface area contributed by atoms with E-state index in [4.69, 9.17) is 9.88 Å². The number of nitrogens with two attached hydrogens (primary N) is 1. The maximum Gasteiger partial charge on any atom is 0.255 e. The summed E-state index contributed by atoms with van der Waals surface area (Å²) in [5, 5.41) is 7.77. The fraction of sp³-hybridized carbons (Fsp3) is 0.133. The molecule has 2 rings (SSSR count). The van der Waals surface area contributed by atoms with E-state index in [1.54, 1.807) is 18.2 Å². The predicted molar refractivity (Wildman–Crippen MR) is 83.5 cm³/mol. The molecule has 0 radical (unpaired) electrons. The first-order valence-electron chi connectivity index (χ1n) is 6.40. The van der Waals surface area contributed by atoms with Gasteiger partial charge in [-0.05, 0) is 37.3 Å². The summed E-state index contributed by atoms with van der Waals surface area (Å²) in [6, 6.07) is 11.3. The van der Waals surface area contributed by atoms with Crippen LogP contribution in [0.1, 0.15) is 15.9 Å². The number of anilines is 1. The average Bonchev–Trinajstić information content (AvgIpc) is 2.47. The highest BCUT2D eigenvalue weighted by molar-refractivity contribution is 7.89. The van der Waals surface area contributed by atoms with Gasteiger partial charge >= 0.3 is 0 Å². The number of methoxy groups -OCH3 is 1. The smallest absolute Gasteiger partial charge is 0.255 e. The molecule has 0 heterocycles. The Morgan fingerprint density at radius 1 is 1.14 bits per heavy atom. The zero-order chi connectivity index (χ0) is 16.3. The highest BCUT2D eigenvalue weighted by Crippen LogP contribution is 2.26. The van der Waals surface area contributed by atoms with Gasteiger partial charge in [0.25, 0.3) is 5.91 Å². The summed E-state index contributed by atoms with van der Waals surface area (Å²) < 4.78 is 28.0. The van der Waals surface area contributed by atoms with Gasteiger partial charge in [-0.2, -0.15) is 0 Å². The zero-order valence-corrected chi connectivity index (χ0v) is 13.0. The van der Waals surface area contributed by atoms with Crippen molar-refractivity contribution in [3.63, 3.8) is 0 Å². The maximum atomic E-state index is 12.1. The van der Waals surface area contributed by atoms with Crippen LogP contribution in [0.4, 0.5) is 5.69 Å². The first-order valence-corrected chi connectivity index (χ1v) is 7.95. The van der Waals surface area contributed by atoms with Crippen molar-refractivity contribution in [1.29, 1.82) is 0 Å². The first kappa shape index (κ1) is 16.0. The van der Waals surface area contributed by atoms with E-state index in [0.29, 0.717) is 11.3 Å². The maximum absolute atomic E-state index is 12.1. The Hall–Kier alpha value is -2.38. The molecule has 0 aliphatic carbocycles. The van der Waals surface area contributed by atoms with Crippen molar-refractivity contribution in [3.8, 4) is 5.75 Å². The summed E-state index contributed by atoms with van der Waals surface area (Å²) >= 11 is 0. The highest BCUT2D eigenvalue weighted by atomic mass is 32.2. The minimum absolute atomic E-state index is 0.121. The van der Waals surface area contributed by atoms with E-state index in [0.717, 1.165) is 5.56 Å². The van der Waals surface area contributed by atoms with Gasteiger partial charge in [-0.15, -0.1) is 0 Å². The number of primary sulfonamides is 1. The minimum Gasteiger partial charge on any atom is -0.495 e. The second kappa shape index (κ2) is 6.17. The summed E-state index contributed by atoms with van der Waals surface area (Å²) in [5.74, 6) is -0.221. The van der Waals surface area contributed by atoms with Gasteiger partial charge in [0.15, 0.2) is 0 Å². The van der Waals surface area contributed by atoms with Crippen LogP contribution in [0.2, 0.25) is 0 Å². The molecule has 1 amide bonds. The van der Waals surface area contributed by atoms with Crippen LogP contribution in [0.5, 0.6) is 5.75 Å². The van der Waals surface area contributed by atoms with E-state index in [2.05, 4.69) is 5.32 Å². The molecular weight excluding hydrogens is 304 g/mol. The van der Waals surface area contributed by atoms with Crippen LogP contribution in [0.3, 0.4) is 0 Å². The second-order valence-corrected chi connectivity index (χ2v) is 6.26. The molecule has 0 saturated carbocycles. The summed E-state index contributed by atoms with van der Waals surface area (Å²) in [6.07, 6.45) is 0. The molecule has 0 fully saturated rings. The number of rotatable bonds is 4. The third-order valence-electron chi connectivity index (χ3n) is 3.04. The Balaban J connectivity index is 2.30. The molecule has 0 aromatic heterocycles. The van der Waals surface area contributed by atoms with Gasteiger partial charge in [0.2, 0.25) is 10.0 Å². The number of sulfonamides is 1. The van der Waals surface area contributed by atoms with Gasteiger partial charge in [-0.1, -0.05) is 17.7 Å². The Morgan fingerprint density at radius 2 is 1.77 bits per heavy atom. The Morgan fingerprint density at radius 3 is 2.32 bits per heavy atom. The topological polar surface area (TPSA) is 98.5 Å². The van der Waals surface area contributed by atoms with Crippen LogP contribution in [0, 0.1) is 6.92 Å². The molecule has 2 aromatic rings. The lowest BCUT2D eigenvalue weighted by atomic mass is 10.1. The van der Waals surface area contributed by atoms with E-state index in [9.17, 15) is 13.2 Å². The normalized spacial score (nSPS) is 11.0. The molecule has 0 unspecified atom stereocenters. The van der Waals surface area contributed by atoms with Crippen LogP contribution in [0.15, 0.2) is 47.4 Å². The number of carbonyl (C=O) groups is 1. The van der Waals surface area contributed by atoms with Crippen LogP contribution < -0.4 is 15.2 Å². The minimum atomic E-state index is -3.95. The molecule has 2 aromatic carbocycles. The van der Waals surface area contributed by atoms with Crippen molar-refractivity contribution in [3.05, 3.63) is 53.6 Å². The van der Waals surface area contributed by atoms with Crippen LogP contribution in [0.25, 0.3) is 0 Å². The number of hydrogen-bond donors (Lipinski definition) is 2. The van der Waals surface area contributed by atoms with E-state index < -0.39 is 10.0 Å². The van der Waals surface area contributed by atoms with Crippen molar-refractivity contribution >= 4 is 21.6 Å². The number of ether oxygens (including phenoxy) is 1. The molecule has 0 spiro atoms.